The first kappa shape index (κ1) is 32.4. The summed E-state index contributed by atoms with van der Waals surface area (Å²) in [6.45, 7) is 10.6. The van der Waals surface area contributed by atoms with E-state index in [4.69, 9.17) is 9.47 Å². The van der Waals surface area contributed by atoms with Gasteiger partial charge in [-0.25, -0.2) is 4.39 Å². The summed E-state index contributed by atoms with van der Waals surface area (Å²) in [6.07, 6.45) is 5.32. The van der Waals surface area contributed by atoms with Crippen LogP contribution in [0.25, 0.3) is 5.57 Å². The first-order valence-electron chi connectivity index (χ1n) is 17.2. The molecule has 48 heavy (non-hydrogen) atoms. The lowest BCUT2D eigenvalue weighted by atomic mass is 9.87. The van der Waals surface area contributed by atoms with E-state index >= 15 is 0 Å². The van der Waals surface area contributed by atoms with Gasteiger partial charge in [0.1, 0.15) is 5.82 Å². The number of rotatable bonds is 9. The normalized spacial score (nSPS) is 19.8. The van der Waals surface area contributed by atoms with Gasteiger partial charge in [-0.1, -0.05) is 42.0 Å². The number of nitrogens with zero attached hydrogens (tertiary/aromatic N) is 4. The number of ether oxygens (including phenoxy) is 2. The second-order valence-electron chi connectivity index (χ2n) is 13.5. The molecule has 2 amide bonds. The predicted octanol–water partition coefficient (Wildman–Crippen LogP) is 4.55. The average molecular weight is 654 g/mol. The monoisotopic (exact) mass is 653 g/mol. The Hall–Kier alpha value is -4.12. The molecule has 0 saturated carbocycles. The summed E-state index contributed by atoms with van der Waals surface area (Å²) >= 11 is 0. The first-order chi connectivity index (χ1) is 23.4. The lowest BCUT2D eigenvalue weighted by Crippen LogP contribution is -2.53. The number of benzene rings is 2. The van der Waals surface area contributed by atoms with Crippen molar-refractivity contribution in [1.29, 1.82) is 0 Å². The Morgan fingerprint density at radius 2 is 1.50 bits per heavy atom. The number of hydrogen-bond donors (Lipinski definition) is 1. The van der Waals surface area contributed by atoms with Gasteiger partial charge >= 0.3 is 0 Å². The van der Waals surface area contributed by atoms with E-state index in [1.54, 1.807) is 12.4 Å². The molecule has 1 atom stereocenters. The number of anilines is 1. The van der Waals surface area contributed by atoms with Gasteiger partial charge in [-0.05, 0) is 60.2 Å². The van der Waals surface area contributed by atoms with E-state index in [9.17, 15) is 14.0 Å². The summed E-state index contributed by atoms with van der Waals surface area (Å²) in [6, 6.07) is 16.8. The fraction of sp³-hybridized carbons (Fsp3) is 0.447. The molecule has 4 saturated heterocycles. The minimum atomic E-state index is -0.240. The molecular weight excluding hydrogens is 609 g/mol. The lowest BCUT2D eigenvalue weighted by molar-refractivity contribution is -0.150. The number of carbonyl (C=O) groups excluding carboxylic acids is 2. The second-order valence-corrected chi connectivity index (χ2v) is 13.5. The van der Waals surface area contributed by atoms with Gasteiger partial charge in [-0.3, -0.25) is 14.6 Å². The van der Waals surface area contributed by atoms with Crippen LogP contribution < -0.4 is 10.2 Å². The highest BCUT2D eigenvalue weighted by atomic mass is 19.1. The van der Waals surface area contributed by atoms with Gasteiger partial charge in [0.05, 0.1) is 55.8 Å². The van der Waals surface area contributed by atoms with Crippen LogP contribution in [0.15, 0.2) is 72.6 Å². The highest BCUT2D eigenvalue weighted by Gasteiger charge is 2.32. The highest BCUT2D eigenvalue weighted by Crippen LogP contribution is 2.34. The van der Waals surface area contributed by atoms with Crippen molar-refractivity contribution in [2.75, 3.05) is 77.1 Å². The topological polar surface area (TPSA) is 87.2 Å². The Morgan fingerprint density at radius 1 is 0.854 bits per heavy atom. The van der Waals surface area contributed by atoms with Gasteiger partial charge in [0, 0.05) is 57.9 Å². The van der Waals surface area contributed by atoms with Crippen LogP contribution in [0, 0.1) is 17.7 Å². The number of likely N-dealkylation sites (tertiary alicyclic amines) is 1. The minimum absolute atomic E-state index is 0.00164. The number of piperazine rings is 1. The molecule has 0 bridgehead atoms. The molecule has 4 aliphatic heterocycles. The Kier molecular flexibility index (Phi) is 9.83. The summed E-state index contributed by atoms with van der Waals surface area (Å²) < 4.78 is 24.4. The number of pyridine rings is 1. The minimum Gasteiger partial charge on any atom is -0.381 e. The number of aromatic nitrogens is 1. The maximum absolute atomic E-state index is 13.9. The number of amides is 2. The maximum atomic E-state index is 13.9. The van der Waals surface area contributed by atoms with Crippen LogP contribution >= 0.6 is 0 Å². The van der Waals surface area contributed by atoms with Crippen LogP contribution in [0.4, 0.5) is 10.1 Å². The van der Waals surface area contributed by atoms with Crippen molar-refractivity contribution in [3.63, 3.8) is 0 Å². The van der Waals surface area contributed by atoms with Crippen LogP contribution in [0.2, 0.25) is 0 Å². The third-order valence-electron chi connectivity index (χ3n) is 10.1. The van der Waals surface area contributed by atoms with E-state index in [1.807, 2.05) is 30.0 Å². The zero-order valence-corrected chi connectivity index (χ0v) is 27.6. The van der Waals surface area contributed by atoms with Gasteiger partial charge in [0.2, 0.25) is 5.91 Å². The van der Waals surface area contributed by atoms with Crippen molar-refractivity contribution in [3.05, 3.63) is 101 Å². The van der Waals surface area contributed by atoms with Crippen LogP contribution in [0.5, 0.6) is 0 Å². The molecule has 0 radical (unpaired) electrons. The Bertz CT molecular complexity index is 1620. The largest absolute Gasteiger partial charge is 0.381 e. The Morgan fingerprint density at radius 3 is 2.10 bits per heavy atom. The number of nitrogens with one attached hydrogen (secondary N) is 1. The van der Waals surface area contributed by atoms with E-state index in [0.29, 0.717) is 50.9 Å². The van der Waals surface area contributed by atoms with Gasteiger partial charge in [-0.2, -0.15) is 0 Å². The highest BCUT2D eigenvalue weighted by molar-refractivity contribution is 5.95. The van der Waals surface area contributed by atoms with E-state index in [0.717, 1.165) is 68.1 Å². The van der Waals surface area contributed by atoms with E-state index in [-0.39, 0.29) is 29.6 Å². The molecule has 4 fully saturated rings. The number of carbonyl (C=O) groups is 2. The average Bonchev–Trinajstić information content (AvgIpc) is 3.07. The summed E-state index contributed by atoms with van der Waals surface area (Å²) in [7, 11) is 0. The van der Waals surface area contributed by atoms with Crippen molar-refractivity contribution < 1.29 is 23.5 Å². The van der Waals surface area contributed by atoms with Crippen LogP contribution in [-0.2, 0) is 14.3 Å². The summed E-state index contributed by atoms with van der Waals surface area (Å²) in [5, 5.41) is 3.14. The number of hydrogen-bond acceptors (Lipinski definition) is 7. The molecule has 2 aromatic carbocycles. The summed E-state index contributed by atoms with van der Waals surface area (Å²) in [4.78, 5) is 36.9. The van der Waals surface area contributed by atoms with E-state index < -0.39 is 0 Å². The van der Waals surface area contributed by atoms with Crippen molar-refractivity contribution in [2.45, 2.75) is 25.8 Å². The van der Waals surface area contributed by atoms with Crippen LogP contribution in [0.3, 0.4) is 0 Å². The van der Waals surface area contributed by atoms with Crippen molar-refractivity contribution in [3.8, 4) is 0 Å². The molecule has 5 heterocycles. The van der Waals surface area contributed by atoms with Gasteiger partial charge in [-0.15, -0.1) is 0 Å². The van der Waals surface area contributed by atoms with Gasteiger partial charge in [0.15, 0.2) is 0 Å². The molecule has 0 spiro atoms. The Balaban J connectivity index is 0.997. The predicted molar refractivity (Wildman–Crippen MR) is 182 cm³/mol. The quantitative estimate of drug-likeness (QED) is 0.363. The maximum Gasteiger partial charge on any atom is 0.253 e. The molecule has 9 nitrogen and oxygen atoms in total. The molecule has 1 aromatic heterocycles. The molecule has 252 valence electrons. The zero-order valence-electron chi connectivity index (χ0n) is 27.6. The van der Waals surface area contributed by atoms with Crippen molar-refractivity contribution >= 4 is 23.1 Å². The van der Waals surface area contributed by atoms with Crippen LogP contribution in [-0.4, -0.2) is 98.8 Å². The summed E-state index contributed by atoms with van der Waals surface area (Å²) in [5.41, 5.74) is 7.06. The lowest BCUT2D eigenvalue weighted by Gasteiger charge is -2.39. The molecule has 3 aromatic rings. The van der Waals surface area contributed by atoms with Gasteiger partial charge < -0.3 is 29.5 Å². The van der Waals surface area contributed by atoms with E-state index in [2.05, 4.69) is 44.4 Å². The third kappa shape index (κ3) is 7.31. The SMILES string of the molecule is C[C@@H](NC(=O)c1cncc(N2CCN(C(=O)C3COC3)CC2)c1)c1ccc(C(=C2CCN(CC3COC3)CC2)c2ccc(F)cc2)cc1. The number of halogens is 1. The summed E-state index contributed by atoms with van der Waals surface area (Å²) in [5.74, 6) is 0.394. The fourth-order valence-electron chi connectivity index (χ4n) is 7.05. The fourth-order valence-corrected chi connectivity index (χ4v) is 7.05. The molecule has 1 N–H and O–H groups in total. The van der Waals surface area contributed by atoms with Crippen molar-refractivity contribution in [1.82, 2.24) is 20.1 Å². The van der Waals surface area contributed by atoms with E-state index in [1.165, 1.54) is 23.3 Å². The Labute approximate surface area is 281 Å². The molecule has 10 heteroatoms. The molecular formula is C38H44FN5O4. The molecule has 0 aliphatic carbocycles. The molecule has 4 aliphatic rings. The van der Waals surface area contributed by atoms with Gasteiger partial charge in [0.25, 0.3) is 5.91 Å². The first-order valence-corrected chi connectivity index (χ1v) is 17.2. The molecule has 0 unspecified atom stereocenters. The standard InChI is InChI=1S/C38H44FN5O4/c1-26(41-37(45)32-18-35(20-40-19-32)43-14-16-44(17-15-43)38(46)33-24-48-25-33)28-2-4-29(5-3-28)36(30-6-8-34(39)9-7-30)31-10-12-42(13-11-31)21-27-22-47-23-27/h2-9,18-20,26-27,33H,10-17,21-25H2,1H3,(H,41,45)/t26-/m1/s1. The number of piperidine rings is 1. The molecule has 7 rings (SSSR count). The third-order valence-corrected chi connectivity index (χ3v) is 10.1. The van der Waals surface area contributed by atoms with Crippen molar-refractivity contribution in [2.24, 2.45) is 11.8 Å². The smallest absolute Gasteiger partial charge is 0.253 e. The van der Waals surface area contributed by atoms with Crippen LogP contribution in [0.1, 0.15) is 52.9 Å². The second kappa shape index (κ2) is 14.6. The zero-order chi connectivity index (χ0) is 33.0.